The molecule has 0 aliphatic heterocycles. The predicted octanol–water partition coefficient (Wildman–Crippen LogP) is 4.14. The largest absolute Gasteiger partial charge is 0.380 e. The molecule has 0 aliphatic carbocycles. The zero-order chi connectivity index (χ0) is 13.2. The van der Waals surface area contributed by atoms with Crippen LogP contribution in [0.3, 0.4) is 0 Å². The second-order valence-electron chi connectivity index (χ2n) is 5.11. The number of unbranched alkanes of at least 4 members (excludes halogenated alkanes) is 2. The molecule has 2 heteroatoms. The molecule has 0 bridgehead atoms. The minimum absolute atomic E-state index is 0.776. The first-order valence-corrected chi connectivity index (χ1v) is 9.61. The summed E-state index contributed by atoms with van der Waals surface area (Å²) in [6.45, 7) is 5.37. The number of hydrogen-bond donors (Lipinski definition) is 0. The van der Waals surface area contributed by atoms with Gasteiger partial charge >= 0.3 is 14.1 Å². The second-order valence-corrected chi connectivity index (χ2v) is 8.28. The van der Waals surface area contributed by atoms with Crippen molar-refractivity contribution in [1.82, 2.24) is 0 Å². The fraction of sp³-hybridized carbons (Fsp3) is 0.625. The fourth-order valence-corrected chi connectivity index (χ4v) is 6.38. The van der Waals surface area contributed by atoms with Gasteiger partial charge in [-0.2, -0.15) is 0 Å². The molecule has 1 nitrogen and oxygen atoms in total. The van der Waals surface area contributed by atoms with Gasteiger partial charge in [-0.15, -0.1) is 4.43 Å². The Balaban J connectivity index is 2.81. The van der Waals surface area contributed by atoms with E-state index >= 15 is 0 Å². The number of ether oxygens (including phenoxy) is 1. The first kappa shape index (κ1) is 15.8. The van der Waals surface area contributed by atoms with E-state index < -0.39 is 14.1 Å². The topological polar surface area (TPSA) is 9.23 Å². The molecule has 0 fully saturated rings. The zero-order valence-corrected chi connectivity index (χ0v) is 13.4. The quantitative estimate of drug-likeness (QED) is 0.608. The van der Waals surface area contributed by atoms with Crippen LogP contribution >= 0.6 is 0 Å². The van der Waals surface area contributed by atoms with Gasteiger partial charge in [-0.1, -0.05) is 74.4 Å². The molecule has 0 unspecified atom stereocenters. The maximum absolute atomic E-state index is 5.35. The first-order chi connectivity index (χ1) is 8.83. The lowest BCUT2D eigenvalue weighted by Crippen LogP contribution is -2.32. The van der Waals surface area contributed by atoms with E-state index in [1.54, 1.807) is 11.5 Å². The van der Waals surface area contributed by atoms with Gasteiger partial charge in [0.15, 0.2) is 0 Å². The standard InChI is InChI=1S/C8H9O.2C4H9.Al/c1-9-7-8-5-3-2-4-6-8;2*1-3-4-2;/h2-5H,7H2,1H3;2*1,3-4H2,2H3;. The molecule has 0 heterocycles. The summed E-state index contributed by atoms with van der Waals surface area (Å²) in [4.78, 5) is 0. The Bertz CT molecular complexity index is 317. The third kappa shape index (κ3) is 5.14. The maximum atomic E-state index is 5.35. The van der Waals surface area contributed by atoms with E-state index in [-0.39, 0.29) is 0 Å². The van der Waals surface area contributed by atoms with Gasteiger partial charge in [0.05, 0.1) is 6.61 Å². The monoisotopic (exact) mass is 262 g/mol. The van der Waals surface area contributed by atoms with Crippen molar-refractivity contribution in [1.29, 1.82) is 0 Å². The number of methoxy groups -OCH3 is 1. The van der Waals surface area contributed by atoms with E-state index in [2.05, 4.69) is 38.1 Å². The molecule has 0 N–H and O–H groups in total. The predicted molar refractivity (Wildman–Crippen MR) is 82.0 cm³/mol. The molecule has 1 aromatic rings. The van der Waals surface area contributed by atoms with Crippen molar-refractivity contribution in [3.05, 3.63) is 29.8 Å². The first-order valence-electron chi connectivity index (χ1n) is 7.40. The van der Waals surface area contributed by atoms with E-state index in [1.807, 2.05) is 0 Å². The summed E-state index contributed by atoms with van der Waals surface area (Å²) < 4.78 is 7.00. The summed E-state index contributed by atoms with van der Waals surface area (Å²) in [5.74, 6) is 0. The zero-order valence-electron chi connectivity index (χ0n) is 12.2. The Labute approximate surface area is 117 Å². The van der Waals surface area contributed by atoms with Gasteiger partial charge in [-0.05, 0) is 5.56 Å². The molecule has 0 atom stereocenters. The smallest absolute Gasteiger partial charge is 0.306 e. The summed E-state index contributed by atoms with van der Waals surface area (Å²) in [7, 11) is 1.80. The molecule has 18 heavy (non-hydrogen) atoms. The van der Waals surface area contributed by atoms with Crippen molar-refractivity contribution in [2.45, 2.75) is 56.7 Å². The van der Waals surface area contributed by atoms with Gasteiger partial charge in [-0.3, -0.25) is 0 Å². The molecule has 1 aromatic carbocycles. The molecule has 0 radical (unpaired) electrons. The summed E-state index contributed by atoms with van der Waals surface area (Å²) in [6.07, 6.45) is 5.42. The summed E-state index contributed by atoms with van der Waals surface area (Å²) in [5.41, 5.74) is 1.43. The van der Waals surface area contributed by atoms with E-state index in [1.165, 1.54) is 41.8 Å². The molecule has 0 saturated heterocycles. The highest BCUT2D eigenvalue weighted by atomic mass is 27.2. The van der Waals surface area contributed by atoms with Crippen LogP contribution in [0.1, 0.15) is 45.1 Å². The van der Waals surface area contributed by atoms with Crippen LogP contribution in [-0.4, -0.2) is 21.3 Å². The average molecular weight is 262 g/mol. The van der Waals surface area contributed by atoms with E-state index in [4.69, 9.17) is 4.74 Å². The van der Waals surface area contributed by atoms with Crippen LogP contribution in [0.25, 0.3) is 0 Å². The lowest BCUT2D eigenvalue weighted by molar-refractivity contribution is 0.185. The van der Waals surface area contributed by atoms with Crippen LogP contribution in [0.15, 0.2) is 24.3 Å². The van der Waals surface area contributed by atoms with Crippen LogP contribution in [0.4, 0.5) is 0 Å². The molecular formula is C16H27AlO. The molecule has 100 valence electrons. The summed E-state index contributed by atoms with van der Waals surface area (Å²) in [6, 6.07) is 8.95. The van der Waals surface area contributed by atoms with Gasteiger partial charge in [0.1, 0.15) is 0 Å². The van der Waals surface area contributed by atoms with Gasteiger partial charge in [0.2, 0.25) is 0 Å². The Kier molecular flexibility index (Phi) is 8.43. The minimum Gasteiger partial charge on any atom is -0.380 e. The Morgan fingerprint density at radius 2 is 1.61 bits per heavy atom. The normalized spacial score (nSPS) is 10.6. The van der Waals surface area contributed by atoms with E-state index in [0.717, 1.165) is 6.61 Å². The summed E-state index contributed by atoms with van der Waals surface area (Å²) in [5, 5.41) is 2.91. The van der Waals surface area contributed by atoms with Crippen LogP contribution < -0.4 is 4.43 Å². The minimum atomic E-state index is -0.778. The summed E-state index contributed by atoms with van der Waals surface area (Å²) >= 11 is -0.778. The molecule has 0 spiro atoms. The lowest BCUT2D eigenvalue weighted by Gasteiger charge is -2.16. The Morgan fingerprint density at radius 3 is 2.17 bits per heavy atom. The van der Waals surface area contributed by atoms with Crippen LogP contribution in [-0.2, 0) is 11.3 Å². The fourth-order valence-electron chi connectivity index (χ4n) is 2.58. The van der Waals surface area contributed by atoms with Crippen molar-refractivity contribution in [2.75, 3.05) is 7.11 Å². The van der Waals surface area contributed by atoms with Crippen LogP contribution in [0, 0.1) is 0 Å². The van der Waals surface area contributed by atoms with Gasteiger partial charge < -0.3 is 4.74 Å². The number of rotatable bonds is 9. The Hall–Kier alpha value is -0.288. The van der Waals surface area contributed by atoms with Gasteiger partial charge in [0.25, 0.3) is 0 Å². The van der Waals surface area contributed by atoms with E-state index in [9.17, 15) is 0 Å². The lowest BCUT2D eigenvalue weighted by atomic mass is 10.2. The SMILES string of the molecule is CCC[CH2][Al]([CH2]CCC)[c]1ccccc1COC. The maximum Gasteiger partial charge on any atom is 0.306 e. The average Bonchev–Trinajstić information content (AvgIpc) is 2.40. The number of benzene rings is 1. The Morgan fingerprint density at radius 1 is 1.00 bits per heavy atom. The third-order valence-electron chi connectivity index (χ3n) is 3.61. The van der Waals surface area contributed by atoms with Crippen molar-refractivity contribution in [2.24, 2.45) is 0 Å². The van der Waals surface area contributed by atoms with E-state index in [0.29, 0.717) is 0 Å². The molecule has 0 aromatic heterocycles. The molecule has 0 saturated carbocycles. The molecular weight excluding hydrogens is 235 g/mol. The molecule has 0 amide bonds. The third-order valence-corrected chi connectivity index (χ3v) is 7.26. The highest BCUT2D eigenvalue weighted by molar-refractivity contribution is 6.73. The van der Waals surface area contributed by atoms with Crippen LogP contribution in [0.2, 0.25) is 10.6 Å². The second kappa shape index (κ2) is 9.62. The van der Waals surface area contributed by atoms with Gasteiger partial charge in [-0.25, -0.2) is 0 Å². The number of hydrogen-bond acceptors (Lipinski definition) is 1. The molecule has 0 aliphatic rings. The highest BCUT2D eigenvalue weighted by Crippen LogP contribution is 2.13. The van der Waals surface area contributed by atoms with Crippen molar-refractivity contribution < 1.29 is 4.74 Å². The highest BCUT2D eigenvalue weighted by Gasteiger charge is 2.20. The van der Waals surface area contributed by atoms with Crippen molar-refractivity contribution in [3.63, 3.8) is 0 Å². The molecule has 1 rings (SSSR count). The van der Waals surface area contributed by atoms with Gasteiger partial charge in [0, 0.05) is 7.11 Å². The van der Waals surface area contributed by atoms with Crippen molar-refractivity contribution in [3.8, 4) is 0 Å². The van der Waals surface area contributed by atoms with Crippen LogP contribution in [0.5, 0.6) is 0 Å². The van der Waals surface area contributed by atoms with Crippen molar-refractivity contribution >= 4 is 18.6 Å².